The van der Waals surface area contributed by atoms with Crippen molar-refractivity contribution in [3.8, 4) is 0 Å². The van der Waals surface area contributed by atoms with Crippen LogP contribution in [0.4, 0.5) is 0 Å². The van der Waals surface area contributed by atoms with Crippen molar-refractivity contribution in [2.24, 2.45) is 4.99 Å². The number of methoxy groups -OCH3 is 1. The molecule has 0 aliphatic heterocycles. The van der Waals surface area contributed by atoms with E-state index in [-0.39, 0.29) is 12.4 Å². The molecule has 6 nitrogen and oxygen atoms in total. The molecule has 1 heterocycles. The van der Waals surface area contributed by atoms with E-state index in [1.165, 1.54) is 7.11 Å². The summed E-state index contributed by atoms with van der Waals surface area (Å²) in [6.07, 6.45) is 0.287. The number of hydrogen-bond acceptors (Lipinski definition) is 5. The number of aryl methyl sites for hydroxylation is 1. The monoisotopic (exact) mass is 298 g/mol. The Morgan fingerprint density at radius 3 is 2.90 bits per heavy atom. The van der Waals surface area contributed by atoms with Crippen molar-refractivity contribution in [1.29, 1.82) is 0 Å². The molecular weight excluding hydrogens is 276 g/mol. The van der Waals surface area contributed by atoms with E-state index >= 15 is 0 Å². The Balaban J connectivity index is 2.59. The fraction of sp³-hybridized carbons (Fsp3) is 0.615. The van der Waals surface area contributed by atoms with Gasteiger partial charge in [-0.05, 0) is 13.8 Å². The Kier molecular flexibility index (Phi) is 7.00. The summed E-state index contributed by atoms with van der Waals surface area (Å²) >= 11 is 1.64. The van der Waals surface area contributed by atoms with E-state index < -0.39 is 0 Å². The maximum Gasteiger partial charge on any atom is 0.307 e. The van der Waals surface area contributed by atoms with Crippen molar-refractivity contribution in [2.45, 2.75) is 26.8 Å². The second kappa shape index (κ2) is 8.52. The second-order valence-electron chi connectivity index (χ2n) is 4.28. The van der Waals surface area contributed by atoms with Gasteiger partial charge in [-0.15, -0.1) is 11.3 Å². The van der Waals surface area contributed by atoms with Gasteiger partial charge in [-0.3, -0.25) is 9.79 Å². The molecule has 0 aliphatic rings. The Morgan fingerprint density at radius 2 is 2.35 bits per heavy atom. The zero-order chi connectivity index (χ0) is 15.0. The first kappa shape index (κ1) is 16.4. The Morgan fingerprint density at radius 1 is 1.60 bits per heavy atom. The summed E-state index contributed by atoms with van der Waals surface area (Å²) in [4.78, 5) is 21.9. The normalized spacial score (nSPS) is 11.3. The third-order valence-electron chi connectivity index (χ3n) is 2.57. The Labute approximate surface area is 123 Å². The maximum atomic E-state index is 11.1. The molecular formula is C13H22N4O2S. The lowest BCUT2D eigenvalue weighted by atomic mass is 10.4. The van der Waals surface area contributed by atoms with Gasteiger partial charge in [-0.25, -0.2) is 4.98 Å². The lowest BCUT2D eigenvalue weighted by Gasteiger charge is -2.21. The van der Waals surface area contributed by atoms with E-state index in [9.17, 15) is 4.79 Å². The molecule has 0 fully saturated rings. The number of esters is 1. The molecule has 0 unspecified atom stereocenters. The average Bonchev–Trinajstić information content (AvgIpc) is 2.82. The fourth-order valence-electron chi connectivity index (χ4n) is 1.62. The van der Waals surface area contributed by atoms with Crippen LogP contribution in [0.2, 0.25) is 0 Å². The number of thiazole rings is 1. The van der Waals surface area contributed by atoms with Crippen molar-refractivity contribution in [1.82, 2.24) is 15.2 Å². The highest BCUT2D eigenvalue weighted by atomic mass is 32.1. The van der Waals surface area contributed by atoms with Crippen molar-refractivity contribution in [2.75, 3.05) is 27.2 Å². The van der Waals surface area contributed by atoms with Crippen LogP contribution < -0.4 is 5.32 Å². The summed E-state index contributed by atoms with van der Waals surface area (Å²) in [6, 6.07) is 0. The molecule has 20 heavy (non-hydrogen) atoms. The molecule has 1 aromatic rings. The first-order valence-corrected chi connectivity index (χ1v) is 7.42. The molecule has 0 bridgehead atoms. The number of guanidine groups is 1. The number of nitrogens with zero attached hydrogens (tertiary/aromatic N) is 3. The van der Waals surface area contributed by atoms with Gasteiger partial charge in [0.05, 0.1) is 37.3 Å². The number of aromatic nitrogens is 1. The highest BCUT2D eigenvalue weighted by Crippen LogP contribution is 2.09. The molecule has 112 valence electrons. The van der Waals surface area contributed by atoms with E-state index in [0.29, 0.717) is 13.1 Å². The molecule has 7 heteroatoms. The van der Waals surface area contributed by atoms with Crippen molar-refractivity contribution < 1.29 is 9.53 Å². The smallest absolute Gasteiger partial charge is 0.307 e. The quantitative estimate of drug-likeness (QED) is 0.489. The summed E-state index contributed by atoms with van der Waals surface area (Å²) in [5.74, 6) is 0.518. The summed E-state index contributed by atoms with van der Waals surface area (Å²) in [6.45, 7) is 5.88. The topological polar surface area (TPSA) is 66.8 Å². The van der Waals surface area contributed by atoms with Gasteiger partial charge in [0.25, 0.3) is 0 Å². The Bertz CT molecular complexity index is 459. The van der Waals surface area contributed by atoms with Crippen molar-refractivity contribution in [3.63, 3.8) is 0 Å². The summed E-state index contributed by atoms with van der Waals surface area (Å²) in [7, 11) is 3.34. The number of carbonyl (C=O) groups excluding carboxylic acids is 1. The highest BCUT2D eigenvalue weighted by Gasteiger charge is 2.09. The predicted molar refractivity (Wildman–Crippen MR) is 80.9 cm³/mol. The molecule has 0 saturated carbocycles. The van der Waals surface area contributed by atoms with Crippen LogP contribution in [0.15, 0.2) is 10.4 Å². The van der Waals surface area contributed by atoms with Crippen LogP contribution in [-0.2, 0) is 16.1 Å². The molecule has 0 radical (unpaired) electrons. The zero-order valence-electron chi connectivity index (χ0n) is 12.5. The summed E-state index contributed by atoms with van der Waals surface area (Å²) in [5.41, 5.74) is 1.02. The molecule has 0 saturated heterocycles. The van der Waals surface area contributed by atoms with E-state index in [2.05, 4.69) is 20.0 Å². The van der Waals surface area contributed by atoms with Crippen LogP contribution in [-0.4, -0.2) is 49.1 Å². The predicted octanol–water partition coefficient (Wildman–Crippen LogP) is 1.41. The molecule has 0 aliphatic carbocycles. The minimum atomic E-state index is -0.248. The maximum absolute atomic E-state index is 11.1. The molecule has 0 aromatic carbocycles. The van der Waals surface area contributed by atoms with Gasteiger partial charge < -0.3 is 15.0 Å². The van der Waals surface area contributed by atoms with Crippen LogP contribution in [0.25, 0.3) is 0 Å². The third-order valence-corrected chi connectivity index (χ3v) is 3.39. The first-order chi connectivity index (χ1) is 9.56. The van der Waals surface area contributed by atoms with Gasteiger partial charge in [0.1, 0.15) is 0 Å². The summed E-state index contributed by atoms with van der Waals surface area (Å²) < 4.78 is 4.60. The highest BCUT2D eigenvalue weighted by molar-refractivity contribution is 7.09. The van der Waals surface area contributed by atoms with Crippen LogP contribution >= 0.6 is 11.3 Å². The van der Waals surface area contributed by atoms with Crippen LogP contribution in [0.5, 0.6) is 0 Å². The van der Waals surface area contributed by atoms with Crippen LogP contribution in [0.3, 0.4) is 0 Å². The summed E-state index contributed by atoms with van der Waals surface area (Å²) in [5, 5.41) is 6.30. The molecule has 1 N–H and O–H groups in total. The average molecular weight is 298 g/mol. The van der Waals surface area contributed by atoms with Crippen molar-refractivity contribution in [3.05, 3.63) is 16.1 Å². The molecule has 0 amide bonds. The van der Waals surface area contributed by atoms with E-state index in [0.717, 1.165) is 23.2 Å². The number of carbonyl (C=O) groups is 1. The number of ether oxygens (including phenoxy) is 1. The van der Waals surface area contributed by atoms with Gasteiger partial charge in [0.2, 0.25) is 0 Å². The number of nitrogens with one attached hydrogen (secondary N) is 1. The van der Waals surface area contributed by atoms with Crippen molar-refractivity contribution >= 4 is 23.3 Å². The van der Waals surface area contributed by atoms with E-state index in [4.69, 9.17) is 0 Å². The number of hydrogen-bond donors (Lipinski definition) is 1. The standard InChI is InChI=1S/C13H22N4O2S/c1-5-14-13(15-7-6-12(18)19-4)17(3)8-11-9-20-10(2)16-11/h9H,5-8H2,1-4H3,(H,14,15). The van der Waals surface area contributed by atoms with Gasteiger partial charge in [0, 0.05) is 19.0 Å². The number of aliphatic imine (C=N–C) groups is 1. The minimum Gasteiger partial charge on any atom is -0.469 e. The largest absolute Gasteiger partial charge is 0.469 e. The second-order valence-corrected chi connectivity index (χ2v) is 5.34. The lowest BCUT2D eigenvalue weighted by molar-refractivity contribution is -0.140. The van der Waals surface area contributed by atoms with Crippen LogP contribution in [0, 0.1) is 6.92 Å². The van der Waals surface area contributed by atoms with Crippen LogP contribution in [0.1, 0.15) is 24.0 Å². The van der Waals surface area contributed by atoms with E-state index in [1.54, 1.807) is 11.3 Å². The Hall–Kier alpha value is -1.63. The molecule has 0 atom stereocenters. The molecule has 0 spiro atoms. The SMILES string of the molecule is CCNC(=NCCC(=O)OC)N(C)Cc1csc(C)n1. The minimum absolute atomic E-state index is 0.248. The number of rotatable bonds is 6. The molecule has 1 rings (SSSR count). The third kappa shape index (κ3) is 5.56. The fourth-order valence-corrected chi connectivity index (χ4v) is 2.23. The van der Waals surface area contributed by atoms with Gasteiger partial charge >= 0.3 is 5.97 Å². The zero-order valence-corrected chi connectivity index (χ0v) is 13.3. The van der Waals surface area contributed by atoms with Gasteiger partial charge in [-0.2, -0.15) is 0 Å². The van der Waals surface area contributed by atoms with E-state index in [1.807, 2.05) is 31.2 Å². The van der Waals surface area contributed by atoms with Gasteiger partial charge in [0.15, 0.2) is 5.96 Å². The molecule has 1 aromatic heterocycles. The first-order valence-electron chi connectivity index (χ1n) is 6.54. The van der Waals surface area contributed by atoms with Gasteiger partial charge in [-0.1, -0.05) is 0 Å². The lowest BCUT2D eigenvalue weighted by Crippen LogP contribution is -2.38.